The summed E-state index contributed by atoms with van der Waals surface area (Å²) in [6, 6.07) is 0. The van der Waals surface area contributed by atoms with Crippen LogP contribution in [0.2, 0.25) is 0 Å². The normalized spacial score (nSPS) is 34.9. The summed E-state index contributed by atoms with van der Waals surface area (Å²) in [5, 5.41) is 3.48. The second-order valence-corrected chi connectivity index (χ2v) is 7.89. The van der Waals surface area contributed by atoms with Gasteiger partial charge in [0.25, 0.3) is 0 Å². The minimum atomic E-state index is 0. The lowest BCUT2D eigenvalue weighted by Crippen LogP contribution is -2.41. The van der Waals surface area contributed by atoms with Gasteiger partial charge in [-0.25, -0.2) is 0 Å². The van der Waals surface area contributed by atoms with Gasteiger partial charge in [0, 0.05) is 31.5 Å². The van der Waals surface area contributed by atoms with E-state index in [1.54, 1.807) is 0 Å². The van der Waals surface area contributed by atoms with Crippen molar-refractivity contribution < 1.29 is 9.47 Å². The fraction of sp³-hybridized carbons (Fsp3) is 0.947. The van der Waals surface area contributed by atoms with E-state index in [-0.39, 0.29) is 24.0 Å². The van der Waals surface area contributed by atoms with Gasteiger partial charge in [0.1, 0.15) is 0 Å². The van der Waals surface area contributed by atoms with Crippen molar-refractivity contribution in [1.29, 1.82) is 0 Å². The highest BCUT2D eigenvalue weighted by molar-refractivity contribution is 14.0. The second kappa shape index (κ2) is 9.22. The molecule has 3 saturated heterocycles. The van der Waals surface area contributed by atoms with Crippen LogP contribution in [0.15, 0.2) is 4.99 Å². The fourth-order valence-corrected chi connectivity index (χ4v) is 5.16. The fourth-order valence-electron chi connectivity index (χ4n) is 5.16. The predicted molar refractivity (Wildman–Crippen MR) is 111 cm³/mol. The zero-order valence-electron chi connectivity index (χ0n) is 15.5. The van der Waals surface area contributed by atoms with Crippen molar-refractivity contribution in [3.8, 4) is 0 Å². The van der Waals surface area contributed by atoms with Gasteiger partial charge >= 0.3 is 0 Å². The van der Waals surface area contributed by atoms with Gasteiger partial charge in [-0.15, -0.1) is 24.0 Å². The molecular formula is C19H34IN3O2. The van der Waals surface area contributed by atoms with Crippen LogP contribution in [0.4, 0.5) is 0 Å². The lowest BCUT2D eigenvalue weighted by atomic mass is 9.82. The van der Waals surface area contributed by atoms with Crippen LogP contribution < -0.4 is 5.32 Å². The molecule has 1 N–H and O–H groups in total. The van der Waals surface area contributed by atoms with E-state index in [1.807, 2.05) is 0 Å². The maximum absolute atomic E-state index is 6.09. The number of nitrogens with zero attached hydrogens (tertiary/aromatic N) is 2. The molecule has 2 bridgehead atoms. The summed E-state index contributed by atoms with van der Waals surface area (Å²) in [4.78, 5) is 7.31. The highest BCUT2D eigenvalue weighted by Gasteiger charge is 2.53. The molecule has 5 nitrogen and oxygen atoms in total. The number of nitrogens with one attached hydrogen (secondary N) is 1. The number of likely N-dealkylation sites (tertiary alicyclic amines) is 1. The molecule has 0 aromatic heterocycles. The second-order valence-electron chi connectivity index (χ2n) is 7.89. The Morgan fingerprint density at radius 2 is 1.76 bits per heavy atom. The van der Waals surface area contributed by atoms with Crippen LogP contribution in [0, 0.1) is 11.8 Å². The van der Waals surface area contributed by atoms with E-state index in [2.05, 4.69) is 17.1 Å². The number of fused-ring (bicyclic) bond motifs is 5. The van der Waals surface area contributed by atoms with Crippen LogP contribution in [0.1, 0.15) is 51.9 Å². The zero-order chi connectivity index (χ0) is 16.4. The van der Waals surface area contributed by atoms with Crippen molar-refractivity contribution in [2.75, 3.05) is 32.8 Å². The summed E-state index contributed by atoms with van der Waals surface area (Å²) >= 11 is 0. The molecule has 0 radical (unpaired) electrons. The maximum atomic E-state index is 6.09. The predicted octanol–water partition coefficient (Wildman–Crippen LogP) is 3.03. The molecule has 4 fully saturated rings. The van der Waals surface area contributed by atoms with Crippen LogP contribution >= 0.6 is 24.0 Å². The van der Waals surface area contributed by atoms with E-state index < -0.39 is 0 Å². The van der Waals surface area contributed by atoms with Gasteiger partial charge in [0.05, 0.1) is 31.5 Å². The lowest BCUT2D eigenvalue weighted by Gasteiger charge is -2.24. The summed E-state index contributed by atoms with van der Waals surface area (Å²) in [6.45, 7) is 6.83. The first-order chi connectivity index (χ1) is 11.8. The molecule has 4 unspecified atom stereocenters. The Hall–Kier alpha value is -0.0800. The molecule has 4 atom stereocenters. The van der Waals surface area contributed by atoms with Crippen molar-refractivity contribution in [3.05, 3.63) is 0 Å². The van der Waals surface area contributed by atoms with Gasteiger partial charge in [-0.05, 0) is 32.6 Å². The van der Waals surface area contributed by atoms with Crippen LogP contribution in [-0.4, -0.2) is 62.0 Å². The Morgan fingerprint density at radius 3 is 2.40 bits per heavy atom. The van der Waals surface area contributed by atoms with Crippen molar-refractivity contribution in [2.45, 2.75) is 70.2 Å². The Bertz CT molecular complexity index is 438. The van der Waals surface area contributed by atoms with Gasteiger partial charge < -0.3 is 19.7 Å². The average molecular weight is 463 g/mol. The summed E-state index contributed by atoms with van der Waals surface area (Å²) in [5.41, 5.74) is 0. The zero-order valence-corrected chi connectivity index (χ0v) is 17.8. The van der Waals surface area contributed by atoms with Gasteiger partial charge in [-0.2, -0.15) is 0 Å². The minimum absolute atomic E-state index is 0. The number of guanidine groups is 1. The number of hydrogen-bond acceptors (Lipinski definition) is 3. The van der Waals surface area contributed by atoms with E-state index in [4.69, 9.17) is 14.5 Å². The Kier molecular flexibility index (Phi) is 7.26. The van der Waals surface area contributed by atoms with Crippen molar-refractivity contribution >= 4 is 29.9 Å². The first-order valence-corrected chi connectivity index (χ1v) is 10.2. The largest absolute Gasteiger partial charge is 0.376 e. The first kappa shape index (κ1) is 19.7. The van der Waals surface area contributed by atoms with Gasteiger partial charge in [-0.1, -0.05) is 19.3 Å². The quantitative estimate of drug-likeness (QED) is 0.295. The first-order valence-electron chi connectivity index (χ1n) is 10.2. The average Bonchev–Trinajstić information content (AvgIpc) is 3.31. The third-order valence-corrected chi connectivity index (χ3v) is 6.35. The molecule has 1 aliphatic carbocycles. The van der Waals surface area contributed by atoms with E-state index in [0.29, 0.717) is 18.3 Å². The molecule has 3 aliphatic heterocycles. The molecule has 0 amide bonds. The topological polar surface area (TPSA) is 46.1 Å². The Balaban J connectivity index is 0.00000182. The third kappa shape index (κ3) is 4.43. The standard InChI is InChI=1S/C19H33N3O2.HI/c1-2-20-19(21-10-11-23-14-6-4-3-5-7-14)22-12-15-16(13-22)18-9-8-17(15)24-18;/h14-18H,2-13H2,1H3,(H,20,21);1H. The number of hydrogen-bond donors (Lipinski definition) is 1. The molecule has 144 valence electrons. The number of rotatable bonds is 5. The molecule has 25 heavy (non-hydrogen) atoms. The van der Waals surface area contributed by atoms with Crippen LogP contribution in [-0.2, 0) is 9.47 Å². The van der Waals surface area contributed by atoms with Gasteiger partial charge in [-0.3, -0.25) is 4.99 Å². The highest BCUT2D eigenvalue weighted by Crippen LogP contribution is 2.47. The molecule has 1 saturated carbocycles. The summed E-state index contributed by atoms with van der Waals surface area (Å²) in [5.74, 6) is 2.54. The third-order valence-electron chi connectivity index (χ3n) is 6.35. The SMILES string of the molecule is CCNC(=NCCOC1CCCCC1)N1CC2C3CCC(O3)C2C1.I. The molecule has 3 heterocycles. The Labute approximate surface area is 169 Å². The smallest absolute Gasteiger partial charge is 0.194 e. The summed E-state index contributed by atoms with van der Waals surface area (Å²) in [7, 11) is 0. The Morgan fingerprint density at radius 1 is 1.08 bits per heavy atom. The molecule has 0 aromatic rings. The van der Waals surface area contributed by atoms with Crippen LogP contribution in [0.3, 0.4) is 0 Å². The number of ether oxygens (including phenoxy) is 2. The molecular weight excluding hydrogens is 429 g/mol. The molecule has 4 rings (SSSR count). The monoisotopic (exact) mass is 463 g/mol. The summed E-state index contributed by atoms with van der Waals surface area (Å²) < 4.78 is 12.1. The maximum Gasteiger partial charge on any atom is 0.194 e. The van der Waals surface area contributed by atoms with E-state index in [1.165, 1.54) is 44.9 Å². The highest BCUT2D eigenvalue weighted by atomic mass is 127. The van der Waals surface area contributed by atoms with Crippen LogP contribution in [0.25, 0.3) is 0 Å². The van der Waals surface area contributed by atoms with Crippen molar-refractivity contribution in [3.63, 3.8) is 0 Å². The number of aliphatic imine (C=N–C) groups is 1. The molecule has 0 spiro atoms. The lowest BCUT2D eigenvalue weighted by molar-refractivity contribution is 0.0333. The molecule has 6 heteroatoms. The summed E-state index contributed by atoms with van der Waals surface area (Å²) in [6.07, 6.45) is 10.6. The van der Waals surface area contributed by atoms with Crippen molar-refractivity contribution in [1.82, 2.24) is 10.2 Å². The van der Waals surface area contributed by atoms with Crippen LogP contribution in [0.5, 0.6) is 0 Å². The minimum Gasteiger partial charge on any atom is -0.376 e. The van der Waals surface area contributed by atoms with E-state index in [9.17, 15) is 0 Å². The molecule has 4 aliphatic rings. The van der Waals surface area contributed by atoms with E-state index >= 15 is 0 Å². The number of halogens is 1. The van der Waals surface area contributed by atoms with Gasteiger partial charge in [0.2, 0.25) is 0 Å². The molecule has 0 aromatic carbocycles. The van der Waals surface area contributed by atoms with E-state index in [0.717, 1.165) is 50.6 Å². The van der Waals surface area contributed by atoms with Crippen molar-refractivity contribution in [2.24, 2.45) is 16.8 Å². The van der Waals surface area contributed by atoms with Gasteiger partial charge in [0.15, 0.2) is 5.96 Å².